The average Bonchev–Trinajstić information content (AvgIpc) is 2.90. The van der Waals surface area contributed by atoms with Crippen LogP contribution in [-0.2, 0) is 9.59 Å². The maximum absolute atomic E-state index is 13.7. The smallest absolute Gasteiger partial charge is 0.293 e. The molecule has 4 fully saturated rings. The molecule has 0 heterocycles. The molecule has 0 aromatic carbocycles. The third-order valence-corrected chi connectivity index (χ3v) is 8.97. The van der Waals surface area contributed by atoms with Crippen molar-refractivity contribution in [2.75, 3.05) is 0 Å². The summed E-state index contributed by atoms with van der Waals surface area (Å²) in [6, 6.07) is 0.397. The van der Waals surface area contributed by atoms with Crippen molar-refractivity contribution in [3.63, 3.8) is 0 Å². The first-order chi connectivity index (χ1) is 16.6. The molecule has 6 nitrogen and oxygen atoms in total. The second-order valence-corrected chi connectivity index (χ2v) is 11.3. The van der Waals surface area contributed by atoms with E-state index in [1.165, 1.54) is 25.7 Å². The first-order valence-corrected chi connectivity index (χ1v) is 14.4. The van der Waals surface area contributed by atoms with Gasteiger partial charge in [0.05, 0.1) is 0 Å². The molecule has 4 aliphatic carbocycles. The van der Waals surface area contributed by atoms with Crippen LogP contribution in [0.25, 0.3) is 0 Å². The molecule has 192 valence electrons. The van der Waals surface area contributed by atoms with Crippen molar-refractivity contribution < 1.29 is 19.8 Å². The van der Waals surface area contributed by atoms with E-state index in [9.17, 15) is 19.8 Å². The van der Waals surface area contributed by atoms with E-state index in [-0.39, 0.29) is 24.2 Å². The highest BCUT2D eigenvalue weighted by atomic mass is 16.3. The lowest BCUT2D eigenvalue weighted by Crippen LogP contribution is -2.51. The molecule has 0 unspecified atom stereocenters. The molecule has 0 spiro atoms. The monoisotopic (exact) mass is 474 g/mol. The number of hydrogen-bond acceptors (Lipinski definition) is 4. The number of carbonyl (C=O) groups is 2. The van der Waals surface area contributed by atoms with E-state index in [0.717, 1.165) is 103 Å². The van der Waals surface area contributed by atoms with E-state index >= 15 is 0 Å². The van der Waals surface area contributed by atoms with Crippen molar-refractivity contribution in [3.05, 3.63) is 11.5 Å². The van der Waals surface area contributed by atoms with Crippen LogP contribution < -0.4 is 0 Å². The van der Waals surface area contributed by atoms with Crippen molar-refractivity contribution >= 4 is 11.8 Å². The molecule has 0 aliphatic heterocycles. The molecule has 6 heteroatoms. The number of aliphatic hydroxyl groups excluding tert-OH is 2. The predicted octanol–water partition coefficient (Wildman–Crippen LogP) is 6.30. The van der Waals surface area contributed by atoms with Gasteiger partial charge in [-0.25, -0.2) is 0 Å². The zero-order valence-corrected chi connectivity index (χ0v) is 21.1. The highest BCUT2D eigenvalue weighted by Gasteiger charge is 2.39. The fraction of sp³-hybridized carbons (Fsp3) is 0.857. The van der Waals surface area contributed by atoms with Gasteiger partial charge in [0.15, 0.2) is 0 Å². The van der Waals surface area contributed by atoms with Crippen molar-refractivity contribution in [1.82, 2.24) is 9.80 Å². The summed E-state index contributed by atoms with van der Waals surface area (Å²) in [4.78, 5) is 31.0. The summed E-state index contributed by atoms with van der Waals surface area (Å²) in [5.41, 5.74) is 0. The summed E-state index contributed by atoms with van der Waals surface area (Å²) in [5.74, 6) is -2.51. The number of aliphatic hydroxyl groups is 2. The summed E-state index contributed by atoms with van der Waals surface area (Å²) in [6.45, 7) is 0. The Morgan fingerprint density at radius 1 is 0.412 bits per heavy atom. The highest BCUT2D eigenvalue weighted by molar-refractivity contribution is 6.02. The normalized spacial score (nSPS) is 24.9. The van der Waals surface area contributed by atoms with E-state index in [1.807, 2.05) is 9.80 Å². The van der Waals surface area contributed by atoms with Gasteiger partial charge in [-0.1, -0.05) is 77.0 Å². The summed E-state index contributed by atoms with van der Waals surface area (Å²) in [6.07, 6.45) is 21.0. The average molecular weight is 475 g/mol. The van der Waals surface area contributed by atoms with E-state index in [4.69, 9.17) is 0 Å². The van der Waals surface area contributed by atoms with Crippen LogP contribution in [-0.4, -0.2) is 56.0 Å². The van der Waals surface area contributed by atoms with Gasteiger partial charge in [-0.05, 0) is 51.4 Å². The zero-order valence-electron chi connectivity index (χ0n) is 21.1. The molecule has 2 amide bonds. The molecule has 0 atom stereocenters. The van der Waals surface area contributed by atoms with Gasteiger partial charge in [-0.15, -0.1) is 0 Å². The van der Waals surface area contributed by atoms with Crippen LogP contribution in [0.5, 0.6) is 0 Å². The van der Waals surface area contributed by atoms with Crippen LogP contribution in [0.15, 0.2) is 11.5 Å². The Labute approximate surface area is 205 Å². The molecule has 4 rings (SSSR count). The Bertz CT molecular complexity index is 616. The number of amides is 2. The Morgan fingerprint density at radius 2 is 0.618 bits per heavy atom. The Hall–Kier alpha value is -1.72. The van der Waals surface area contributed by atoms with Crippen molar-refractivity contribution in [2.24, 2.45) is 0 Å². The SMILES string of the molecule is O=C(C(O)=C(O)C(=O)N(C1CCCCC1)C1CCCCC1)N(C1CCCCC1)C1CCCCC1. The van der Waals surface area contributed by atoms with Gasteiger partial charge in [0, 0.05) is 24.2 Å². The van der Waals surface area contributed by atoms with Gasteiger partial charge >= 0.3 is 0 Å². The Kier molecular flexibility index (Phi) is 9.18. The lowest BCUT2D eigenvalue weighted by Gasteiger charge is -2.42. The largest absolute Gasteiger partial charge is 0.500 e. The van der Waals surface area contributed by atoms with Crippen molar-refractivity contribution in [3.8, 4) is 0 Å². The van der Waals surface area contributed by atoms with Gasteiger partial charge < -0.3 is 20.0 Å². The van der Waals surface area contributed by atoms with E-state index in [1.54, 1.807) is 0 Å². The minimum absolute atomic E-state index is 0.0993. The second-order valence-electron chi connectivity index (χ2n) is 11.3. The molecule has 0 bridgehead atoms. The first kappa shape index (κ1) is 25.4. The van der Waals surface area contributed by atoms with Gasteiger partial charge in [0.25, 0.3) is 11.8 Å². The molecule has 0 aromatic heterocycles. The lowest BCUT2D eigenvalue weighted by molar-refractivity contribution is -0.141. The molecular formula is C28H46N2O4. The summed E-state index contributed by atoms with van der Waals surface area (Å²) >= 11 is 0. The number of hydrogen-bond donors (Lipinski definition) is 2. The molecule has 34 heavy (non-hydrogen) atoms. The maximum Gasteiger partial charge on any atom is 0.293 e. The molecule has 0 aromatic rings. The second kappa shape index (κ2) is 12.3. The summed E-state index contributed by atoms with van der Waals surface area (Å²) < 4.78 is 0. The van der Waals surface area contributed by atoms with Crippen LogP contribution in [0.1, 0.15) is 128 Å². The van der Waals surface area contributed by atoms with Crippen LogP contribution in [0.3, 0.4) is 0 Å². The van der Waals surface area contributed by atoms with E-state index < -0.39 is 23.3 Å². The topological polar surface area (TPSA) is 81.1 Å². The van der Waals surface area contributed by atoms with E-state index in [0.29, 0.717) is 0 Å². The lowest BCUT2D eigenvalue weighted by atomic mass is 9.88. The maximum atomic E-state index is 13.7. The summed E-state index contributed by atoms with van der Waals surface area (Å²) in [5, 5.41) is 22.0. The predicted molar refractivity (Wildman–Crippen MR) is 133 cm³/mol. The number of carbonyl (C=O) groups excluding carboxylic acids is 2. The standard InChI is InChI=1S/C28H46N2O4/c31-25(27(33)29(21-13-5-1-6-14-21)22-15-7-2-8-16-22)26(32)28(34)30(23-17-9-3-10-18-23)24-19-11-4-12-20-24/h21-24,31-32H,1-20H2. The number of nitrogens with zero attached hydrogens (tertiary/aromatic N) is 2. The minimum Gasteiger partial charge on any atom is -0.500 e. The summed E-state index contributed by atoms with van der Waals surface area (Å²) in [7, 11) is 0. The number of rotatable bonds is 6. The molecule has 2 N–H and O–H groups in total. The zero-order chi connectivity index (χ0) is 23.9. The third kappa shape index (κ3) is 5.91. The molecule has 4 saturated carbocycles. The molecule has 0 radical (unpaired) electrons. The fourth-order valence-corrected chi connectivity index (χ4v) is 7.14. The minimum atomic E-state index is -0.724. The van der Waals surface area contributed by atoms with Crippen LogP contribution in [0.2, 0.25) is 0 Å². The quantitative estimate of drug-likeness (QED) is 0.349. The molecule has 4 aliphatic rings. The van der Waals surface area contributed by atoms with E-state index in [2.05, 4.69) is 0 Å². The van der Waals surface area contributed by atoms with Crippen molar-refractivity contribution in [1.29, 1.82) is 0 Å². The highest BCUT2D eigenvalue weighted by Crippen LogP contribution is 2.33. The van der Waals surface area contributed by atoms with Crippen LogP contribution in [0, 0.1) is 0 Å². The fourth-order valence-electron chi connectivity index (χ4n) is 7.14. The van der Waals surface area contributed by atoms with Crippen molar-refractivity contribution in [2.45, 2.75) is 153 Å². The first-order valence-electron chi connectivity index (χ1n) is 14.4. The van der Waals surface area contributed by atoms with Gasteiger partial charge in [0.1, 0.15) is 0 Å². The third-order valence-electron chi connectivity index (χ3n) is 8.97. The van der Waals surface area contributed by atoms with Gasteiger partial charge in [-0.3, -0.25) is 9.59 Å². The van der Waals surface area contributed by atoms with Crippen LogP contribution >= 0.6 is 0 Å². The van der Waals surface area contributed by atoms with Gasteiger partial charge in [-0.2, -0.15) is 0 Å². The Balaban J connectivity index is 1.58. The molecular weight excluding hydrogens is 428 g/mol. The van der Waals surface area contributed by atoms with Crippen LogP contribution in [0.4, 0.5) is 0 Å². The molecule has 0 saturated heterocycles. The van der Waals surface area contributed by atoms with Gasteiger partial charge in [0.2, 0.25) is 11.5 Å². The Morgan fingerprint density at radius 3 is 0.824 bits per heavy atom.